The van der Waals surface area contributed by atoms with Crippen molar-refractivity contribution in [3.05, 3.63) is 35.2 Å². The van der Waals surface area contributed by atoms with Crippen LogP contribution in [0.1, 0.15) is 32.3 Å². The van der Waals surface area contributed by atoms with E-state index in [9.17, 15) is 14.7 Å². The zero-order chi connectivity index (χ0) is 16.1. The molecule has 1 unspecified atom stereocenters. The predicted molar refractivity (Wildman–Crippen MR) is 89.2 cm³/mol. The number of nitrogens with one attached hydrogen (secondary N) is 1. The van der Waals surface area contributed by atoms with Gasteiger partial charge in [0.2, 0.25) is 5.91 Å². The number of amides is 1. The first kappa shape index (κ1) is 16.5. The zero-order valence-corrected chi connectivity index (χ0v) is 13.7. The van der Waals surface area contributed by atoms with Crippen molar-refractivity contribution in [1.82, 2.24) is 5.32 Å². The topological polar surface area (TPSA) is 66.4 Å². The number of aliphatic carboxylic acids is 1. The second-order valence-corrected chi connectivity index (χ2v) is 6.31. The summed E-state index contributed by atoms with van der Waals surface area (Å²) >= 11 is 1.60. The van der Waals surface area contributed by atoms with E-state index in [1.807, 2.05) is 43.5 Å². The average molecular weight is 319 g/mol. The molecule has 1 aromatic carbocycles. The maximum Gasteiger partial charge on any atom is 0.326 e. The summed E-state index contributed by atoms with van der Waals surface area (Å²) in [7, 11) is 0. The van der Waals surface area contributed by atoms with Crippen LogP contribution < -0.4 is 5.32 Å². The van der Waals surface area contributed by atoms with E-state index in [0.29, 0.717) is 0 Å². The van der Waals surface area contributed by atoms with Gasteiger partial charge in [-0.1, -0.05) is 44.9 Å². The van der Waals surface area contributed by atoms with Crippen LogP contribution in [0, 0.1) is 5.92 Å². The largest absolute Gasteiger partial charge is 0.480 e. The van der Waals surface area contributed by atoms with Gasteiger partial charge in [0, 0.05) is 4.70 Å². The number of benzene rings is 1. The number of fused-ring (bicyclic) bond motifs is 1. The number of rotatable bonds is 7. The summed E-state index contributed by atoms with van der Waals surface area (Å²) in [5, 5.41) is 15.1. The Bertz CT molecular complexity index is 661. The first-order chi connectivity index (χ1) is 10.6. The van der Waals surface area contributed by atoms with Gasteiger partial charge in [0.25, 0.3) is 0 Å². The van der Waals surface area contributed by atoms with Crippen molar-refractivity contribution in [1.29, 1.82) is 0 Å². The molecule has 0 bridgehead atoms. The van der Waals surface area contributed by atoms with E-state index in [1.165, 1.54) is 0 Å². The van der Waals surface area contributed by atoms with Gasteiger partial charge in [0.05, 0.1) is 6.42 Å². The number of hydrogen-bond donors (Lipinski definition) is 2. The molecule has 1 amide bonds. The normalized spacial score (nSPS) is 12.5. The standard InChI is InChI=1S/C17H21NO3S/c1-3-11(4-2)16(17(20)21)18-15(19)9-12-10-22-14-8-6-5-7-13(12)14/h5-8,10-11,16H,3-4,9H2,1-2H3,(H,18,19)(H,20,21). The molecule has 5 heteroatoms. The van der Waals surface area contributed by atoms with Crippen LogP contribution in [0.15, 0.2) is 29.6 Å². The minimum absolute atomic E-state index is 0.0410. The first-order valence-electron chi connectivity index (χ1n) is 7.54. The molecule has 0 aliphatic rings. The van der Waals surface area contributed by atoms with E-state index in [0.717, 1.165) is 28.5 Å². The summed E-state index contributed by atoms with van der Waals surface area (Å²) in [6, 6.07) is 7.11. The Balaban J connectivity index is 2.09. The lowest BCUT2D eigenvalue weighted by Gasteiger charge is -2.22. The molecule has 22 heavy (non-hydrogen) atoms. The van der Waals surface area contributed by atoms with Gasteiger partial charge >= 0.3 is 5.97 Å². The molecule has 2 rings (SSSR count). The van der Waals surface area contributed by atoms with E-state index >= 15 is 0 Å². The van der Waals surface area contributed by atoms with Crippen LogP contribution in [-0.2, 0) is 16.0 Å². The van der Waals surface area contributed by atoms with Crippen LogP contribution in [0.5, 0.6) is 0 Å². The third-order valence-corrected chi connectivity index (χ3v) is 5.03. The average Bonchev–Trinajstić information content (AvgIpc) is 2.90. The first-order valence-corrected chi connectivity index (χ1v) is 8.42. The molecule has 0 saturated carbocycles. The van der Waals surface area contributed by atoms with Crippen molar-refractivity contribution in [2.45, 2.75) is 39.2 Å². The monoisotopic (exact) mass is 319 g/mol. The molecule has 2 N–H and O–H groups in total. The Morgan fingerprint density at radius 3 is 2.55 bits per heavy atom. The number of hydrogen-bond acceptors (Lipinski definition) is 3. The molecule has 1 atom stereocenters. The van der Waals surface area contributed by atoms with E-state index < -0.39 is 12.0 Å². The highest BCUT2D eigenvalue weighted by Gasteiger charge is 2.27. The highest BCUT2D eigenvalue weighted by atomic mass is 32.1. The Kier molecular flexibility index (Phi) is 5.55. The van der Waals surface area contributed by atoms with Crippen molar-refractivity contribution < 1.29 is 14.7 Å². The van der Waals surface area contributed by atoms with Crippen LogP contribution in [0.3, 0.4) is 0 Å². The van der Waals surface area contributed by atoms with Gasteiger partial charge in [0.15, 0.2) is 0 Å². The second-order valence-electron chi connectivity index (χ2n) is 5.39. The third-order valence-electron chi connectivity index (χ3n) is 4.01. The smallest absolute Gasteiger partial charge is 0.326 e. The third kappa shape index (κ3) is 3.65. The molecule has 0 spiro atoms. The summed E-state index contributed by atoms with van der Waals surface area (Å²) in [5.74, 6) is -1.24. The molecule has 0 radical (unpaired) electrons. The Labute approximate surface area is 134 Å². The molecule has 0 fully saturated rings. The molecular formula is C17H21NO3S. The van der Waals surface area contributed by atoms with Gasteiger partial charge in [-0.3, -0.25) is 4.79 Å². The quantitative estimate of drug-likeness (QED) is 0.821. The SMILES string of the molecule is CCC(CC)C(NC(=O)Cc1csc2ccccc12)C(=O)O. The lowest BCUT2D eigenvalue weighted by molar-refractivity contribution is -0.143. The highest BCUT2D eigenvalue weighted by molar-refractivity contribution is 7.17. The number of thiophene rings is 1. The van der Waals surface area contributed by atoms with E-state index in [-0.39, 0.29) is 18.2 Å². The molecule has 0 aliphatic carbocycles. The fourth-order valence-corrected chi connectivity index (χ4v) is 3.67. The van der Waals surface area contributed by atoms with Crippen molar-refractivity contribution in [2.75, 3.05) is 0 Å². The number of carboxylic acids is 1. The maximum atomic E-state index is 12.2. The summed E-state index contributed by atoms with van der Waals surface area (Å²) in [6.07, 6.45) is 1.68. The van der Waals surface area contributed by atoms with Gasteiger partial charge in [-0.2, -0.15) is 0 Å². The van der Waals surface area contributed by atoms with Gasteiger partial charge in [-0.25, -0.2) is 4.79 Å². The van der Waals surface area contributed by atoms with Gasteiger partial charge in [0.1, 0.15) is 6.04 Å². The lowest BCUT2D eigenvalue weighted by atomic mass is 9.94. The Hall–Kier alpha value is -1.88. The molecule has 2 aromatic rings. The van der Waals surface area contributed by atoms with Crippen molar-refractivity contribution in [2.24, 2.45) is 5.92 Å². The van der Waals surface area contributed by atoms with Gasteiger partial charge < -0.3 is 10.4 Å². The molecule has 118 valence electrons. The van der Waals surface area contributed by atoms with Crippen molar-refractivity contribution in [3.63, 3.8) is 0 Å². The van der Waals surface area contributed by atoms with Crippen LogP contribution in [-0.4, -0.2) is 23.0 Å². The Morgan fingerprint density at radius 1 is 1.23 bits per heavy atom. The van der Waals surface area contributed by atoms with E-state index in [2.05, 4.69) is 5.32 Å². The summed E-state index contributed by atoms with van der Waals surface area (Å²) in [5.41, 5.74) is 0.951. The van der Waals surface area contributed by atoms with Crippen molar-refractivity contribution in [3.8, 4) is 0 Å². The van der Waals surface area contributed by atoms with E-state index in [1.54, 1.807) is 11.3 Å². The molecule has 1 heterocycles. The second kappa shape index (κ2) is 7.40. The molecule has 0 saturated heterocycles. The fraction of sp³-hybridized carbons (Fsp3) is 0.412. The summed E-state index contributed by atoms with van der Waals surface area (Å²) < 4.78 is 1.14. The van der Waals surface area contributed by atoms with Crippen LogP contribution >= 0.6 is 11.3 Å². The van der Waals surface area contributed by atoms with Crippen LogP contribution in [0.4, 0.5) is 0 Å². The Morgan fingerprint density at radius 2 is 1.91 bits per heavy atom. The van der Waals surface area contributed by atoms with Crippen molar-refractivity contribution >= 4 is 33.3 Å². The predicted octanol–water partition coefficient (Wildman–Crippen LogP) is 3.45. The molecule has 0 aliphatic heterocycles. The minimum atomic E-state index is -0.961. The number of carbonyl (C=O) groups excluding carboxylic acids is 1. The zero-order valence-electron chi connectivity index (χ0n) is 12.8. The van der Waals surface area contributed by atoms with Gasteiger partial charge in [-0.15, -0.1) is 11.3 Å². The van der Waals surface area contributed by atoms with Crippen LogP contribution in [0.25, 0.3) is 10.1 Å². The minimum Gasteiger partial charge on any atom is -0.480 e. The van der Waals surface area contributed by atoms with Gasteiger partial charge in [-0.05, 0) is 28.3 Å². The summed E-state index contributed by atoms with van der Waals surface area (Å²) in [6.45, 7) is 3.89. The molecular weight excluding hydrogens is 298 g/mol. The lowest BCUT2D eigenvalue weighted by Crippen LogP contribution is -2.46. The molecule has 1 aromatic heterocycles. The maximum absolute atomic E-state index is 12.2. The van der Waals surface area contributed by atoms with E-state index in [4.69, 9.17) is 0 Å². The summed E-state index contributed by atoms with van der Waals surface area (Å²) in [4.78, 5) is 23.6. The molecule has 4 nitrogen and oxygen atoms in total. The number of carbonyl (C=O) groups is 2. The highest BCUT2D eigenvalue weighted by Crippen LogP contribution is 2.26. The van der Waals surface area contributed by atoms with Crippen LogP contribution in [0.2, 0.25) is 0 Å². The fourth-order valence-electron chi connectivity index (χ4n) is 2.71. The number of carboxylic acid groups (broad SMARTS) is 1.